The molecule has 52 heavy (non-hydrogen) atoms. The Morgan fingerprint density at radius 3 is 2.27 bits per heavy atom. The molecule has 1 aromatic carbocycles. The summed E-state index contributed by atoms with van der Waals surface area (Å²) in [5.74, 6) is 1.06. The maximum absolute atomic E-state index is 12.8. The molecule has 2 saturated heterocycles. The number of carbonyl (C=O) groups is 2. The van der Waals surface area contributed by atoms with Crippen molar-refractivity contribution >= 4 is 33.2 Å². The molecule has 15 nitrogen and oxygen atoms in total. The van der Waals surface area contributed by atoms with Gasteiger partial charge in [-0.15, -0.1) is 0 Å². The standard InChI is InChI=1S/C36H41N9O6S/c1-36(2,3)51-35(48)44-13-5-6-29(44)32-38-19-28(43-32)25-15-24-11-12-26(41-31(24)37-17-25)22-7-9-23(10-8-22)27-18-39-33(42-27)30-14-21(16-40-52(4,49)50)20-45(30)34(46)47/h7-12,15,17-19,21,29-30,40H,5-6,13-14,16,20H2,1-4H3,(H,38,43)(H,39,42)(H,46,47). The van der Waals surface area contributed by atoms with Crippen molar-refractivity contribution in [2.45, 2.75) is 57.7 Å². The molecule has 0 radical (unpaired) electrons. The smallest absolute Gasteiger partial charge is 0.410 e. The Bertz CT molecular complexity index is 2230. The van der Waals surface area contributed by atoms with Crippen molar-refractivity contribution in [1.29, 1.82) is 0 Å². The van der Waals surface area contributed by atoms with Crippen LogP contribution < -0.4 is 4.72 Å². The number of amides is 2. The summed E-state index contributed by atoms with van der Waals surface area (Å²) in [4.78, 5) is 53.0. The largest absolute Gasteiger partial charge is 0.465 e. The zero-order valence-electron chi connectivity index (χ0n) is 29.3. The fraction of sp³-hybridized carbons (Fsp3) is 0.389. The van der Waals surface area contributed by atoms with Crippen LogP contribution >= 0.6 is 0 Å². The van der Waals surface area contributed by atoms with E-state index >= 15 is 0 Å². The number of fused-ring (bicyclic) bond motifs is 1. The number of aromatic nitrogens is 6. The van der Waals surface area contributed by atoms with E-state index in [4.69, 9.17) is 9.72 Å². The van der Waals surface area contributed by atoms with Gasteiger partial charge >= 0.3 is 12.2 Å². The highest BCUT2D eigenvalue weighted by atomic mass is 32.2. The molecule has 5 aromatic rings. The van der Waals surface area contributed by atoms with Gasteiger partial charge in [-0.3, -0.25) is 9.80 Å². The molecule has 6 heterocycles. The summed E-state index contributed by atoms with van der Waals surface area (Å²) in [6, 6.07) is 13.1. The van der Waals surface area contributed by atoms with E-state index in [0.717, 1.165) is 64.1 Å². The molecular formula is C36H41N9O6S. The number of sulfonamides is 1. The number of hydrogen-bond acceptors (Lipinski definition) is 9. The molecule has 4 aromatic heterocycles. The monoisotopic (exact) mass is 727 g/mol. The lowest BCUT2D eigenvalue weighted by atomic mass is 10.1. The van der Waals surface area contributed by atoms with Gasteiger partial charge in [0.2, 0.25) is 10.0 Å². The number of aromatic amines is 2. The Hall–Kier alpha value is -5.35. The van der Waals surface area contributed by atoms with Crippen molar-refractivity contribution in [3.05, 3.63) is 72.7 Å². The maximum atomic E-state index is 12.8. The van der Waals surface area contributed by atoms with Crippen LogP contribution in [0.4, 0.5) is 9.59 Å². The number of rotatable bonds is 8. The molecule has 7 rings (SSSR count). The van der Waals surface area contributed by atoms with E-state index in [1.165, 1.54) is 4.90 Å². The summed E-state index contributed by atoms with van der Waals surface area (Å²) in [6.45, 7) is 6.58. The van der Waals surface area contributed by atoms with Crippen LogP contribution in [0.5, 0.6) is 0 Å². The van der Waals surface area contributed by atoms with Crippen LogP contribution in [-0.4, -0.2) is 96.9 Å². The maximum Gasteiger partial charge on any atom is 0.410 e. The summed E-state index contributed by atoms with van der Waals surface area (Å²) in [6.07, 6.45) is 7.00. The van der Waals surface area contributed by atoms with Gasteiger partial charge in [0.1, 0.15) is 17.2 Å². The Morgan fingerprint density at radius 1 is 0.923 bits per heavy atom. The van der Waals surface area contributed by atoms with Gasteiger partial charge in [-0.2, -0.15) is 0 Å². The van der Waals surface area contributed by atoms with E-state index in [2.05, 4.69) is 29.6 Å². The molecule has 272 valence electrons. The first-order valence-electron chi connectivity index (χ1n) is 17.1. The molecule has 2 aliphatic heterocycles. The van der Waals surface area contributed by atoms with E-state index in [-0.39, 0.29) is 31.1 Å². The van der Waals surface area contributed by atoms with Crippen LogP contribution in [0.2, 0.25) is 0 Å². The second-order valence-corrected chi connectivity index (χ2v) is 16.2. The Balaban J connectivity index is 1.03. The number of carbonyl (C=O) groups excluding carboxylic acids is 1. The van der Waals surface area contributed by atoms with Crippen molar-refractivity contribution in [2.75, 3.05) is 25.9 Å². The first-order valence-corrected chi connectivity index (χ1v) is 19.0. The van der Waals surface area contributed by atoms with Crippen molar-refractivity contribution in [3.63, 3.8) is 0 Å². The Kier molecular flexibility index (Phi) is 9.21. The minimum atomic E-state index is -3.38. The predicted octanol–water partition coefficient (Wildman–Crippen LogP) is 5.74. The summed E-state index contributed by atoms with van der Waals surface area (Å²) in [5.41, 5.74) is 4.94. The van der Waals surface area contributed by atoms with Gasteiger partial charge in [0.05, 0.1) is 47.8 Å². The Labute approximate surface area is 300 Å². The second-order valence-electron chi connectivity index (χ2n) is 14.4. The van der Waals surface area contributed by atoms with Crippen molar-refractivity contribution in [3.8, 4) is 33.8 Å². The number of benzene rings is 1. The van der Waals surface area contributed by atoms with Gasteiger partial charge in [0.25, 0.3) is 0 Å². The number of hydrogen-bond donors (Lipinski definition) is 4. The number of imidazole rings is 2. The quantitative estimate of drug-likeness (QED) is 0.153. The van der Waals surface area contributed by atoms with Gasteiger partial charge in [0.15, 0.2) is 5.65 Å². The number of ether oxygens (including phenoxy) is 1. The zero-order valence-corrected chi connectivity index (χ0v) is 30.1. The average Bonchev–Trinajstić information content (AvgIpc) is 3.91. The lowest BCUT2D eigenvalue weighted by molar-refractivity contribution is 0.0218. The summed E-state index contributed by atoms with van der Waals surface area (Å²) in [7, 11) is -3.38. The number of nitrogens with zero attached hydrogens (tertiary/aromatic N) is 6. The van der Waals surface area contributed by atoms with Crippen LogP contribution in [0.25, 0.3) is 44.8 Å². The summed E-state index contributed by atoms with van der Waals surface area (Å²) < 4.78 is 31.2. The summed E-state index contributed by atoms with van der Waals surface area (Å²) >= 11 is 0. The molecule has 3 unspecified atom stereocenters. The topological polar surface area (TPSA) is 199 Å². The molecule has 2 fully saturated rings. The number of H-pyrrole nitrogens is 2. The van der Waals surface area contributed by atoms with Gasteiger partial charge < -0.3 is 19.8 Å². The average molecular weight is 728 g/mol. The number of likely N-dealkylation sites (tertiary alicyclic amines) is 2. The number of nitrogens with one attached hydrogen (secondary N) is 3. The van der Waals surface area contributed by atoms with Crippen LogP contribution in [0.1, 0.15) is 63.8 Å². The first kappa shape index (κ1) is 35.1. The van der Waals surface area contributed by atoms with Crippen LogP contribution in [-0.2, 0) is 14.8 Å². The molecule has 0 aliphatic carbocycles. The van der Waals surface area contributed by atoms with Gasteiger partial charge in [-0.1, -0.05) is 24.3 Å². The van der Waals surface area contributed by atoms with Crippen LogP contribution in [0, 0.1) is 5.92 Å². The lowest BCUT2D eigenvalue weighted by Crippen LogP contribution is -2.36. The Morgan fingerprint density at radius 2 is 1.60 bits per heavy atom. The highest BCUT2D eigenvalue weighted by Gasteiger charge is 2.38. The molecule has 0 bridgehead atoms. The predicted molar refractivity (Wildman–Crippen MR) is 193 cm³/mol. The summed E-state index contributed by atoms with van der Waals surface area (Å²) in [5, 5.41) is 10.7. The molecular weight excluding hydrogens is 687 g/mol. The third-order valence-corrected chi connectivity index (χ3v) is 10.0. The minimum Gasteiger partial charge on any atom is -0.465 e. The highest BCUT2D eigenvalue weighted by molar-refractivity contribution is 7.88. The van der Waals surface area contributed by atoms with E-state index in [1.54, 1.807) is 23.5 Å². The molecule has 2 amide bonds. The fourth-order valence-corrected chi connectivity index (χ4v) is 7.38. The molecule has 2 aliphatic rings. The molecule has 3 atom stereocenters. The van der Waals surface area contributed by atoms with Crippen molar-refractivity contribution in [1.82, 2.24) is 44.4 Å². The van der Waals surface area contributed by atoms with Gasteiger partial charge in [0, 0.05) is 42.3 Å². The van der Waals surface area contributed by atoms with E-state index in [1.807, 2.05) is 63.2 Å². The third-order valence-electron chi connectivity index (χ3n) is 9.32. The zero-order chi connectivity index (χ0) is 36.8. The normalized spacial score (nSPS) is 19.4. The fourth-order valence-electron chi connectivity index (χ4n) is 6.85. The van der Waals surface area contributed by atoms with Crippen molar-refractivity contribution in [2.24, 2.45) is 5.92 Å². The molecule has 0 saturated carbocycles. The molecule has 16 heteroatoms. The second kappa shape index (κ2) is 13.7. The highest BCUT2D eigenvalue weighted by Crippen LogP contribution is 2.36. The van der Waals surface area contributed by atoms with E-state index < -0.39 is 27.8 Å². The number of carboxylic acid groups (broad SMARTS) is 1. The van der Waals surface area contributed by atoms with Crippen LogP contribution in [0.3, 0.4) is 0 Å². The molecule has 0 spiro atoms. The molecule has 4 N–H and O–H groups in total. The van der Waals surface area contributed by atoms with Crippen LogP contribution in [0.15, 0.2) is 61.1 Å². The van der Waals surface area contributed by atoms with E-state index in [0.29, 0.717) is 24.4 Å². The minimum absolute atomic E-state index is 0.163. The lowest BCUT2D eigenvalue weighted by Gasteiger charge is -2.27. The first-order chi connectivity index (χ1) is 24.7. The van der Waals surface area contributed by atoms with Gasteiger partial charge in [-0.05, 0) is 69.7 Å². The van der Waals surface area contributed by atoms with E-state index in [9.17, 15) is 23.1 Å². The third kappa shape index (κ3) is 7.62. The SMILES string of the molecule is CC(C)(C)OC(=O)N1CCCC1c1ncc(-c2cnc3nc(-c4ccc(-c5cnc(C6CC(CNS(C)(=O)=O)CN6C(=O)O)[nH]5)cc4)ccc3c2)[nH]1. The van der Waals surface area contributed by atoms with Crippen molar-refractivity contribution < 1.29 is 27.9 Å². The van der Waals surface area contributed by atoms with Gasteiger partial charge in [-0.25, -0.2) is 42.7 Å². The number of pyridine rings is 2.